The Hall–Kier alpha value is 0.110. The Bertz CT molecular complexity index is 210. The van der Waals surface area contributed by atoms with Crippen molar-refractivity contribution in [2.75, 3.05) is 12.0 Å². The molecule has 1 rings (SSSR count). The lowest BCUT2D eigenvalue weighted by molar-refractivity contribution is 0.231. The summed E-state index contributed by atoms with van der Waals surface area (Å²) in [6.07, 6.45) is 5.71. The molecule has 4 unspecified atom stereocenters. The van der Waals surface area contributed by atoms with Crippen LogP contribution >= 0.6 is 0 Å². The highest BCUT2D eigenvalue weighted by Gasteiger charge is 2.24. The quantitative estimate of drug-likeness (QED) is 0.803. The standard InChI is InChI=1S/C12H25NOS/c1-9-5-10(2)7-12(6-9)13-11(3)8-15(4)14/h9-13H,5-8H2,1-4H3. The lowest BCUT2D eigenvalue weighted by Gasteiger charge is -2.33. The van der Waals surface area contributed by atoms with Gasteiger partial charge in [-0.1, -0.05) is 13.8 Å². The molecule has 1 aliphatic carbocycles. The molecular weight excluding hydrogens is 206 g/mol. The van der Waals surface area contributed by atoms with Crippen LogP contribution < -0.4 is 5.32 Å². The largest absolute Gasteiger partial charge is 0.311 e. The average molecular weight is 231 g/mol. The van der Waals surface area contributed by atoms with E-state index in [0.717, 1.165) is 17.6 Å². The Balaban J connectivity index is 2.33. The highest BCUT2D eigenvalue weighted by molar-refractivity contribution is 7.84. The van der Waals surface area contributed by atoms with Gasteiger partial charge in [0, 0.05) is 34.9 Å². The maximum Gasteiger partial charge on any atom is 0.0383 e. The summed E-state index contributed by atoms with van der Waals surface area (Å²) >= 11 is 0. The molecule has 0 radical (unpaired) electrons. The summed E-state index contributed by atoms with van der Waals surface area (Å²) in [5.74, 6) is 2.45. The lowest BCUT2D eigenvalue weighted by Crippen LogP contribution is -2.43. The lowest BCUT2D eigenvalue weighted by atomic mass is 9.80. The topological polar surface area (TPSA) is 29.1 Å². The summed E-state index contributed by atoms with van der Waals surface area (Å²) in [7, 11) is -0.680. The molecule has 0 aliphatic heterocycles. The summed E-state index contributed by atoms with van der Waals surface area (Å²) in [4.78, 5) is 0. The molecule has 0 aromatic carbocycles. The van der Waals surface area contributed by atoms with Crippen molar-refractivity contribution in [3.05, 3.63) is 0 Å². The summed E-state index contributed by atoms with van der Waals surface area (Å²) in [6, 6.07) is 1.03. The Morgan fingerprint density at radius 3 is 2.27 bits per heavy atom. The second-order valence-electron chi connectivity index (χ2n) is 5.42. The van der Waals surface area contributed by atoms with Crippen molar-refractivity contribution in [3.63, 3.8) is 0 Å². The van der Waals surface area contributed by atoms with E-state index in [1.807, 2.05) is 0 Å². The molecule has 0 heterocycles. The fourth-order valence-corrected chi connectivity index (χ4v) is 3.69. The molecule has 2 nitrogen and oxygen atoms in total. The van der Waals surface area contributed by atoms with Crippen molar-refractivity contribution in [2.45, 2.75) is 52.1 Å². The van der Waals surface area contributed by atoms with Gasteiger partial charge in [0.25, 0.3) is 0 Å². The van der Waals surface area contributed by atoms with Crippen molar-refractivity contribution in [2.24, 2.45) is 11.8 Å². The molecule has 1 saturated carbocycles. The molecule has 1 fully saturated rings. The molecule has 0 aromatic rings. The normalized spacial score (nSPS) is 36.1. The van der Waals surface area contributed by atoms with Crippen LogP contribution in [0.25, 0.3) is 0 Å². The Labute approximate surface area is 96.7 Å². The van der Waals surface area contributed by atoms with E-state index in [4.69, 9.17) is 0 Å². The number of rotatable bonds is 4. The second kappa shape index (κ2) is 6.00. The van der Waals surface area contributed by atoms with Crippen molar-refractivity contribution in [1.29, 1.82) is 0 Å². The van der Waals surface area contributed by atoms with Gasteiger partial charge in [-0.3, -0.25) is 4.21 Å². The van der Waals surface area contributed by atoms with E-state index in [-0.39, 0.29) is 0 Å². The molecule has 0 amide bonds. The van der Waals surface area contributed by atoms with Gasteiger partial charge in [-0.05, 0) is 38.0 Å². The minimum Gasteiger partial charge on any atom is -0.311 e. The summed E-state index contributed by atoms with van der Waals surface area (Å²) < 4.78 is 11.1. The van der Waals surface area contributed by atoms with Gasteiger partial charge in [0.05, 0.1) is 0 Å². The fourth-order valence-electron chi connectivity index (χ4n) is 2.89. The van der Waals surface area contributed by atoms with E-state index in [2.05, 4.69) is 26.1 Å². The van der Waals surface area contributed by atoms with E-state index in [9.17, 15) is 4.21 Å². The summed E-state index contributed by atoms with van der Waals surface area (Å²) in [5.41, 5.74) is 0. The van der Waals surface area contributed by atoms with Gasteiger partial charge >= 0.3 is 0 Å². The van der Waals surface area contributed by atoms with Gasteiger partial charge in [-0.25, -0.2) is 0 Å². The van der Waals surface area contributed by atoms with E-state index < -0.39 is 10.8 Å². The van der Waals surface area contributed by atoms with Crippen molar-refractivity contribution < 1.29 is 4.21 Å². The zero-order valence-electron chi connectivity index (χ0n) is 10.5. The molecule has 1 N–H and O–H groups in total. The summed E-state index contributed by atoms with van der Waals surface area (Å²) in [6.45, 7) is 6.82. The van der Waals surface area contributed by atoms with Crippen LogP contribution in [0.3, 0.4) is 0 Å². The van der Waals surface area contributed by atoms with Gasteiger partial charge < -0.3 is 5.32 Å². The first-order valence-corrected chi connectivity index (χ1v) is 7.76. The van der Waals surface area contributed by atoms with Gasteiger partial charge in [0.15, 0.2) is 0 Å². The molecule has 4 atom stereocenters. The molecule has 15 heavy (non-hydrogen) atoms. The number of hydrogen-bond donors (Lipinski definition) is 1. The predicted molar refractivity (Wildman–Crippen MR) is 67.5 cm³/mol. The van der Waals surface area contributed by atoms with Crippen LogP contribution in [0.2, 0.25) is 0 Å². The zero-order valence-corrected chi connectivity index (χ0v) is 11.3. The first kappa shape index (κ1) is 13.2. The third-order valence-corrected chi connectivity index (χ3v) is 4.15. The van der Waals surface area contributed by atoms with E-state index in [1.165, 1.54) is 19.3 Å². The first-order valence-electron chi connectivity index (χ1n) is 6.03. The van der Waals surface area contributed by atoms with Crippen LogP contribution in [-0.2, 0) is 10.8 Å². The van der Waals surface area contributed by atoms with E-state index in [1.54, 1.807) is 6.26 Å². The van der Waals surface area contributed by atoms with Crippen LogP contribution in [-0.4, -0.2) is 28.3 Å². The smallest absolute Gasteiger partial charge is 0.0383 e. The fraction of sp³-hybridized carbons (Fsp3) is 1.00. The van der Waals surface area contributed by atoms with Gasteiger partial charge in [-0.2, -0.15) is 0 Å². The van der Waals surface area contributed by atoms with Crippen LogP contribution in [0, 0.1) is 11.8 Å². The summed E-state index contributed by atoms with van der Waals surface area (Å²) in [5, 5.41) is 3.62. The first-order chi connectivity index (χ1) is 6.97. The monoisotopic (exact) mass is 231 g/mol. The Morgan fingerprint density at radius 1 is 1.27 bits per heavy atom. The third-order valence-electron chi connectivity index (χ3n) is 3.18. The Morgan fingerprint density at radius 2 is 1.80 bits per heavy atom. The molecule has 1 aliphatic rings. The van der Waals surface area contributed by atoms with Crippen LogP contribution in [0.4, 0.5) is 0 Å². The van der Waals surface area contributed by atoms with Crippen molar-refractivity contribution in [3.8, 4) is 0 Å². The minimum absolute atomic E-state index is 0.387. The molecule has 0 bridgehead atoms. The molecule has 3 heteroatoms. The molecular formula is C12H25NOS. The van der Waals surface area contributed by atoms with E-state index >= 15 is 0 Å². The molecule has 0 saturated heterocycles. The van der Waals surface area contributed by atoms with Crippen LogP contribution in [0.5, 0.6) is 0 Å². The molecule has 90 valence electrons. The highest BCUT2D eigenvalue weighted by Crippen LogP contribution is 2.28. The maximum atomic E-state index is 11.1. The highest BCUT2D eigenvalue weighted by atomic mass is 32.2. The van der Waals surface area contributed by atoms with Crippen molar-refractivity contribution in [1.82, 2.24) is 5.32 Å². The average Bonchev–Trinajstić information content (AvgIpc) is 1.98. The second-order valence-corrected chi connectivity index (χ2v) is 6.90. The molecule has 0 aromatic heterocycles. The van der Waals surface area contributed by atoms with Crippen LogP contribution in [0.15, 0.2) is 0 Å². The van der Waals surface area contributed by atoms with Gasteiger partial charge in [0.2, 0.25) is 0 Å². The number of nitrogens with one attached hydrogen (secondary N) is 1. The minimum atomic E-state index is -0.680. The van der Waals surface area contributed by atoms with Gasteiger partial charge in [0.1, 0.15) is 0 Å². The van der Waals surface area contributed by atoms with Crippen molar-refractivity contribution >= 4 is 10.8 Å². The van der Waals surface area contributed by atoms with Crippen LogP contribution in [0.1, 0.15) is 40.0 Å². The predicted octanol–water partition coefficient (Wildman–Crippen LogP) is 2.17. The SMILES string of the molecule is CC1CC(C)CC(NC(C)CS(C)=O)C1. The third kappa shape index (κ3) is 5.12. The molecule has 0 spiro atoms. The zero-order chi connectivity index (χ0) is 11.4. The van der Waals surface area contributed by atoms with E-state index in [0.29, 0.717) is 12.1 Å². The Kier molecular flexibility index (Phi) is 5.27. The maximum absolute atomic E-state index is 11.1. The van der Waals surface area contributed by atoms with Gasteiger partial charge in [-0.15, -0.1) is 0 Å². The number of hydrogen-bond acceptors (Lipinski definition) is 2.